The molecule has 3 aromatic rings. The maximum Gasteiger partial charge on any atom is 0.255 e. The predicted molar refractivity (Wildman–Crippen MR) is 115 cm³/mol. The first-order valence-electron chi connectivity index (χ1n) is 8.68. The lowest BCUT2D eigenvalue weighted by Crippen LogP contribution is -2.30. The molecule has 4 rings (SSSR count). The summed E-state index contributed by atoms with van der Waals surface area (Å²) in [4.78, 5) is 14.9. The Labute approximate surface area is 167 Å². The van der Waals surface area contributed by atoms with Crippen LogP contribution in [-0.4, -0.2) is 12.5 Å². The number of rotatable bonds is 3. The van der Waals surface area contributed by atoms with Gasteiger partial charge in [0.25, 0.3) is 5.91 Å². The maximum absolute atomic E-state index is 12.5. The molecule has 0 atom stereocenters. The molecule has 0 saturated heterocycles. The number of nitrogens with one attached hydrogen (secondary N) is 1. The van der Waals surface area contributed by atoms with E-state index in [4.69, 9.17) is 0 Å². The molecule has 1 amide bonds. The third-order valence-corrected chi connectivity index (χ3v) is 5.69. The number of anilines is 2. The van der Waals surface area contributed by atoms with Crippen LogP contribution in [0, 0.1) is 3.57 Å². The van der Waals surface area contributed by atoms with Gasteiger partial charge in [-0.25, -0.2) is 0 Å². The van der Waals surface area contributed by atoms with Crippen LogP contribution in [0.25, 0.3) is 0 Å². The Kier molecular flexibility index (Phi) is 4.93. The minimum absolute atomic E-state index is 0.0790. The molecule has 4 heteroatoms. The molecule has 1 aliphatic heterocycles. The van der Waals surface area contributed by atoms with Crippen molar-refractivity contribution in [2.75, 3.05) is 16.8 Å². The summed E-state index contributed by atoms with van der Waals surface area (Å²) in [5.74, 6) is -0.0790. The highest BCUT2D eigenvalue weighted by Crippen LogP contribution is 2.25. The molecule has 1 N–H and O–H groups in total. The molecule has 1 aliphatic rings. The fourth-order valence-electron chi connectivity index (χ4n) is 3.30. The number of amides is 1. The highest BCUT2D eigenvalue weighted by Gasteiger charge is 2.16. The number of nitrogens with zero attached hydrogens (tertiary/aromatic N) is 1. The summed E-state index contributed by atoms with van der Waals surface area (Å²) in [5, 5.41) is 2.98. The number of benzene rings is 3. The van der Waals surface area contributed by atoms with Crippen LogP contribution < -0.4 is 10.2 Å². The van der Waals surface area contributed by atoms with Gasteiger partial charge >= 0.3 is 0 Å². The van der Waals surface area contributed by atoms with Crippen molar-refractivity contribution in [2.45, 2.75) is 13.0 Å². The van der Waals surface area contributed by atoms with Crippen molar-refractivity contribution >= 4 is 39.9 Å². The van der Waals surface area contributed by atoms with Crippen LogP contribution in [0.3, 0.4) is 0 Å². The molecular formula is C22H19IN2O. The maximum atomic E-state index is 12.5. The van der Waals surface area contributed by atoms with Crippen molar-refractivity contribution in [3.8, 4) is 0 Å². The van der Waals surface area contributed by atoms with Gasteiger partial charge in [0.15, 0.2) is 0 Å². The van der Waals surface area contributed by atoms with Gasteiger partial charge in [-0.15, -0.1) is 0 Å². The predicted octanol–water partition coefficient (Wildman–Crippen LogP) is 5.11. The van der Waals surface area contributed by atoms with Crippen molar-refractivity contribution in [2.24, 2.45) is 0 Å². The van der Waals surface area contributed by atoms with E-state index < -0.39 is 0 Å². The first kappa shape index (κ1) is 17.1. The lowest BCUT2D eigenvalue weighted by molar-refractivity contribution is 0.102. The van der Waals surface area contributed by atoms with Gasteiger partial charge in [0.2, 0.25) is 0 Å². The van der Waals surface area contributed by atoms with Crippen molar-refractivity contribution in [1.29, 1.82) is 0 Å². The Morgan fingerprint density at radius 2 is 1.58 bits per heavy atom. The number of halogens is 1. The first-order chi connectivity index (χ1) is 12.7. The van der Waals surface area contributed by atoms with Crippen molar-refractivity contribution < 1.29 is 4.79 Å². The van der Waals surface area contributed by atoms with E-state index in [1.54, 1.807) is 0 Å². The lowest BCUT2D eigenvalue weighted by Gasteiger charge is -2.30. The highest BCUT2D eigenvalue weighted by molar-refractivity contribution is 14.1. The van der Waals surface area contributed by atoms with E-state index in [0.717, 1.165) is 34.5 Å². The minimum Gasteiger partial charge on any atom is -0.367 e. The summed E-state index contributed by atoms with van der Waals surface area (Å²) < 4.78 is 1.03. The lowest BCUT2D eigenvalue weighted by atomic mass is 9.99. The largest absolute Gasteiger partial charge is 0.367 e. The number of para-hydroxylation sites is 1. The molecule has 0 bridgehead atoms. The van der Waals surface area contributed by atoms with Gasteiger partial charge in [-0.3, -0.25) is 4.79 Å². The molecular weight excluding hydrogens is 435 g/mol. The van der Waals surface area contributed by atoms with Crippen LogP contribution in [0.2, 0.25) is 0 Å². The van der Waals surface area contributed by atoms with E-state index in [1.165, 1.54) is 11.1 Å². The Morgan fingerprint density at radius 1 is 0.885 bits per heavy atom. The Hall–Kier alpha value is -2.34. The second-order valence-electron chi connectivity index (χ2n) is 6.42. The Balaban J connectivity index is 1.47. The van der Waals surface area contributed by atoms with E-state index in [1.807, 2.05) is 48.5 Å². The summed E-state index contributed by atoms with van der Waals surface area (Å²) in [6.45, 7) is 1.93. The molecule has 0 fully saturated rings. The summed E-state index contributed by atoms with van der Waals surface area (Å²) in [6.07, 6.45) is 1.06. The second kappa shape index (κ2) is 7.50. The molecule has 130 valence electrons. The summed E-state index contributed by atoms with van der Waals surface area (Å²) in [7, 11) is 0. The van der Waals surface area contributed by atoms with Crippen LogP contribution in [0.15, 0.2) is 72.8 Å². The standard InChI is InChI=1S/C22H19IN2O/c23-20-7-3-4-8-21(20)24-22(26)17-9-11-19(12-10-17)25-14-13-16-5-1-2-6-18(16)15-25/h1-12H,13-15H2,(H,24,26). The topological polar surface area (TPSA) is 32.3 Å². The molecule has 0 unspecified atom stereocenters. The van der Waals surface area contributed by atoms with Crippen LogP contribution >= 0.6 is 22.6 Å². The van der Waals surface area contributed by atoms with Crippen LogP contribution in [0.4, 0.5) is 11.4 Å². The molecule has 0 aromatic heterocycles. The van der Waals surface area contributed by atoms with Gasteiger partial charge in [-0.05, 0) is 76.5 Å². The van der Waals surface area contributed by atoms with Crippen molar-refractivity contribution in [3.63, 3.8) is 0 Å². The quantitative estimate of drug-likeness (QED) is 0.559. The molecule has 0 spiro atoms. The Bertz CT molecular complexity index is 937. The molecule has 26 heavy (non-hydrogen) atoms. The smallest absolute Gasteiger partial charge is 0.255 e. The van der Waals surface area contributed by atoms with E-state index in [9.17, 15) is 4.79 Å². The van der Waals surface area contributed by atoms with Crippen LogP contribution in [-0.2, 0) is 13.0 Å². The van der Waals surface area contributed by atoms with Gasteiger partial charge in [-0.1, -0.05) is 36.4 Å². The van der Waals surface area contributed by atoms with E-state index in [0.29, 0.717) is 5.56 Å². The molecule has 0 saturated carbocycles. The third kappa shape index (κ3) is 3.60. The Morgan fingerprint density at radius 3 is 2.35 bits per heavy atom. The molecule has 0 aliphatic carbocycles. The molecule has 1 heterocycles. The van der Waals surface area contributed by atoms with Gasteiger partial charge in [0, 0.05) is 27.9 Å². The average Bonchev–Trinajstić information content (AvgIpc) is 2.69. The number of hydrogen-bond acceptors (Lipinski definition) is 2. The number of carbonyl (C=O) groups excluding carboxylic acids is 1. The normalized spacial score (nSPS) is 13.2. The van der Waals surface area contributed by atoms with E-state index in [2.05, 4.69) is 57.1 Å². The van der Waals surface area contributed by atoms with E-state index >= 15 is 0 Å². The molecule has 3 nitrogen and oxygen atoms in total. The van der Waals surface area contributed by atoms with Gasteiger partial charge in [0.1, 0.15) is 0 Å². The second-order valence-corrected chi connectivity index (χ2v) is 7.58. The fourth-order valence-corrected chi connectivity index (χ4v) is 3.82. The minimum atomic E-state index is -0.0790. The SMILES string of the molecule is O=C(Nc1ccccc1I)c1ccc(N2CCc3ccccc3C2)cc1. The number of carbonyl (C=O) groups is 1. The zero-order valence-electron chi connectivity index (χ0n) is 14.3. The highest BCUT2D eigenvalue weighted by atomic mass is 127. The van der Waals surface area contributed by atoms with Gasteiger partial charge in [-0.2, -0.15) is 0 Å². The van der Waals surface area contributed by atoms with Crippen molar-refractivity contribution in [1.82, 2.24) is 0 Å². The summed E-state index contributed by atoms with van der Waals surface area (Å²) in [6, 6.07) is 24.3. The monoisotopic (exact) mass is 454 g/mol. The van der Waals surface area contributed by atoms with E-state index in [-0.39, 0.29) is 5.91 Å². The van der Waals surface area contributed by atoms with Gasteiger partial charge in [0.05, 0.1) is 5.69 Å². The molecule has 0 radical (unpaired) electrons. The fraction of sp³-hybridized carbons (Fsp3) is 0.136. The zero-order valence-corrected chi connectivity index (χ0v) is 16.4. The third-order valence-electron chi connectivity index (χ3n) is 4.75. The van der Waals surface area contributed by atoms with Crippen LogP contribution in [0.5, 0.6) is 0 Å². The number of hydrogen-bond donors (Lipinski definition) is 1. The summed E-state index contributed by atoms with van der Waals surface area (Å²) >= 11 is 2.23. The first-order valence-corrected chi connectivity index (χ1v) is 9.76. The zero-order chi connectivity index (χ0) is 17.9. The van der Waals surface area contributed by atoms with Gasteiger partial charge < -0.3 is 10.2 Å². The molecule has 3 aromatic carbocycles. The van der Waals surface area contributed by atoms with Crippen LogP contribution in [0.1, 0.15) is 21.5 Å². The number of fused-ring (bicyclic) bond motifs is 1. The summed E-state index contributed by atoms with van der Waals surface area (Å²) in [5.41, 5.74) is 5.50. The van der Waals surface area contributed by atoms with Crippen molar-refractivity contribution in [3.05, 3.63) is 93.1 Å². The average molecular weight is 454 g/mol.